The third kappa shape index (κ3) is 3.25. The molecule has 0 heterocycles. The number of hydrogen-bond acceptors (Lipinski definition) is 1. The minimum Gasteiger partial charge on any atom is -0.299 e. The quantitative estimate of drug-likeness (QED) is 0.464. The first-order valence-electron chi connectivity index (χ1n) is 12.1. The summed E-state index contributed by atoms with van der Waals surface area (Å²) in [5.74, 6) is 5.38. The van der Waals surface area contributed by atoms with Crippen LogP contribution < -0.4 is 0 Å². The first-order chi connectivity index (χ1) is 13.3. The Bertz CT molecular complexity index is 670. The van der Waals surface area contributed by atoms with Gasteiger partial charge in [0.05, 0.1) is 0 Å². The summed E-state index contributed by atoms with van der Waals surface area (Å²) in [6.45, 7) is 12.3. The third-order valence-electron chi connectivity index (χ3n) is 9.69. The Labute approximate surface area is 173 Å². The molecule has 0 aliphatic heterocycles. The van der Waals surface area contributed by atoms with Gasteiger partial charge >= 0.3 is 0 Å². The van der Waals surface area contributed by atoms with Gasteiger partial charge in [-0.25, -0.2) is 0 Å². The van der Waals surface area contributed by atoms with Crippen LogP contribution in [0.4, 0.5) is 0 Å². The minimum absolute atomic E-state index is 0.318. The first kappa shape index (κ1) is 20.4. The number of allylic oxidation sites excluding steroid dienone is 4. The van der Waals surface area contributed by atoms with Gasteiger partial charge in [-0.2, -0.15) is 0 Å². The maximum Gasteiger partial charge on any atom is 0.136 e. The zero-order valence-corrected chi connectivity index (χ0v) is 19.0. The lowest BCUT2D eigenvalue weighted by Gasteiger charge is -2.57. The fraction of sp³-hybridized carbons (Fsp3) is 0.815. The van der Waals surface area contributed by atoms with Crippen LogP contribution in [0.3, 0.4) is 0 Å². The van der Waals surface area contributed by atoms with Crippen LogP contribution in [0.5, 0.6) is 0 Å². The SMILES string of the molecule is CC(C)C/C=C/[C@H](C)[C@H]1CC[C@H]2[C@@H]3CC=C4CC(=O)CC[C@]4(C)[C@H]3CC[C@]12C. The van der Waals surface area contributed by atoms with E-state index in [9.17, 15) is 4.79 Å². The minimum atomic E-state index is 0.318. The monoisotopic (exact) mass is 382 g/mol. The first-order valence-corrected chi connectivity index (χ1v) is 12.1. The number of fused-ring (bicyclic) bond motifs is 5. The predicted molar refractivity (Wildman–Crippen MR) is 118 cm³/mol. The van der Waals surface area contributed by atoms with Crippen molar-refractivity contribution in [2.75, 3.05) is 0 Å². The molecule has 4 aliphatic carbocycles. The highest BCUT2D eigenvalue weighted by atomic mass is 16.1. The molecule has 3 saturated carbocycles. The van der Waals surface area contributed by atoms with E-state index < -0.39 is 0 Å². The van der Waals surface area contributed by atoms with Crippen LogP contribution in [-0.2, 0) is 4.79 Å². The summed E-state index contributed by atoms with van der Waals surface area (Å²) in [4.78, 5) is 12.1. The molecule has 0 saturated heterocycles. The lowest BCUT2D eigenvalue weighted by atomic mass is 9.47. The Morgan fingerprint density at radius 3 is 2.64 bits per heavy atom. The Kier molecular flexibility index (Phi) is 5.43. The van der Waals surface area contributed by atoms with E-state index in [2.05, 4.69) is 52.8 Å². The van der Waals surface area contributed by atoms with Crippen molar-refractivity contribution in [2.24, 2.45) is 46.3 Å². The highest BCUT2D eigenvalue weighted by molar-refractivity contribution is 5.82. The highest BCUT2D eigenvalue weighted by Crippen LogP contribution is 2.67. The topological polar surface area (TPSA) is 17.1 Å². The molecule has 0 bridgehead atoms. The van der Waals surface area contributed by atoms with E-state index >= 15 is 0 Å². The second-order valence-electron chi connectivity index (χ2n) is 11.6. The van der Waals surface area contributed by atoms with Gasteiger partial charge < -0.3 is 0 Å². The van der Waals surface area contributed by atoms with Gasteiger partial charge in [0.2, 0.25) is 0 Å². The van der Waals surface area contributed by atoms with E-state index in [1.165, 1.54) is 44.1 Å². The predicted octanol–water partition coefficient (Wildman–Crippen LogP) is 7.37. The van der Waals surface area contributed by atoms with Gasteiger partial charge in [0, 0.05) is 12.8 Å². The van der Waals surface area contributed by atoms with Gasteiger partial charge in [0.25, 0.3) is 0 Å². The largest absolute Gasteiger partial charge is 0.299 e. The van der Waals surface area contributed by atoms with E-state index in [-0.39, 0.29) is 0 Å². The number of ketones is 1. The number of rotatable bonds is 4. The lowest BCUT2D eigenvalue weighted by Crippen LogP contribution is -2.50. The van der Waals surface area contributed by atoms with Crippen LogP contribution in [-0.4, -0.2) is 5.78 Å². The molecule has 4 rings (SSSR count). The number of carbonyl (C=O) groups is 1. The van der Waals surface area contributed by atoms with Crippen LogP contribution in [0.1, 0.15) is 92.4 Å². The molecule has 156 valence electrons. The molecule has 0 aromatic carbocycles. The molecule has 3 fully saturated rings. The van der Waals surface area contributed by atoms with E-state index in [0.29, 0.717) is 22.5 Å². The van der Waals surface area contributed by atoms with Crippen molar-refractivity contribution >= 4 is 5.78 Å². The average Bonchev–Trinajstić information content (AvgIpc) is 2.99. The van der Waals surface area contributed by atoms with Gasteiger partial charge in [-0.15, -0.1) is 0 Å². The summed E-state index contributed by atoms with van der Waals surface area (Å²) in [6, 6.07) is 0. The Morgan fingerprint density at radius 2 is 1.89 bits per heavy atom. The van der Waals surface area contributed by atoms with Gasteiger partial charge in [-0.3, -0.25) is 4.79 Å². The number of hydrogen-bond donors (Lipinski definition) is 0. The van der Waals surface area contributed by atoms with Crippen LogP contribution in [0.15, 0.2) is 23.8 Å². The molecule has 0 aromatic heterocycles. The molecule has 1 heteroatoms. The van der Waals surface area contributed by atoms with Crippen molar-refractivity contribution in [1.82, 2.24) is 0 Å². The molecule has 0 unspecified atom stereocenters. The summed E-state index contributed by atoms with van der Waals surface area (Å²) < 4.78 is 0. The second-order valence-corrected chi connectivity index (χ2v) is 11.6. The molecule has 0 amide bonds. The van der Waals surface area contributed by atoms with E-state index in [1.807, 2.05) is 0 Å². The highest BCUT2D eigenvalue weighted by Gasteiger charge is 2.58. The second kappa shape index (κ2) is 7.44. The fourth-order valence-corrected chi connectivity index (χ4v) is 8.08. The fourth-order valence-electron chi connectivity index (χ4n) is 8.08. The summed E-state index contributed by atoms with van der Waals surface area (Å²) in [6.07, 6.45) is 18.3. The molecule has 0 aromatic rings. The molecular weight excluding hydrogens is 340 g/mol. The van der Waals surface area contributed by atoms with Gasteiger partial charge in [0.15, 0.2) is 0 Å². The standard InChI is InChI=1S/C27H42O/c1-18(2)7-6-8-19(3)23-11-12-24-22-10-9-20-17-21(28)13-15-26(20,4)25(22)14-16-27(23,24)5/h6,8-9,18-19,22-25H,7,10-17H2,1-5H3/b8-6+/t19-,22-,23+,24-,25-,26-,27+/m0/s1. The van der Waals surface area contributed by atoms with Crippen molar-refractivity contribution < 1.29 is 4.79 Å². The van der Waals surface area contributed by atoms with E-state index in [4.69, 9.17) is 0 Å². The smallest absolute Gasteiger partial charge is 0.136 e. The average molecular weight is 383 g/mol. The third-order valence-corrected chi connectivity index (χ3v) is 9.69. The van der Waals surface area contributed by atoms with Crippen LogP contribution >= 0.6 is 0 Å². The van der Waals surface area contributed by atoms with Crippen molar-refractivity contribution in [1.29, 1.82) is 0 Å². The molecule has 0 spiro atoms. The van der Waals surface area contributed by atoms with Crippen LogP contribution in [0.2, 0.25) is 0 Å². The van der Waals surface area contributed by atoms with Crippen LogP contribution in [0.25, 0.3) is 0 Å². The molecule has 7 atom stereocenters. The molecule has 28 heavy (non-hydrogen) atoms. The van der Waals surface area contributed by atoms with Crippen LogP contribution in [0, 0.1) is 46.3 Å². The van der Waals surface area contributed by atoms with E-state index in [1.54, 1.807) is 0 Å². The Morgan fingerprint density at radius 1 is 1.11 bits per heavy atom. The molecule has 1 nitrogen and oxygen atoms in total. The normalized spacial score (nSPS) is 44.2. The van der Waals surface area contributed by atoms with Gasteiger partial charge in [-0.1, -0.05) is 58.4 Å². The summed E-state index contributed by atoms with van der Waals surface area (Å²) in [5, 5.41) is 0. The molecule has 0 N–H and O–H groups in total. The van der Waals surface area contributed by atoms with Crippen molar-refractivity contribution in [2.45, 2.75) is 92.4 Å². The molecule has 0 radical (unpaired) electrons. The van der Waals surface area contributed by atoms with Gasteiger partial charge in [0.1, 0.15) is 5.78 Å². The van der Waals surface area contributed by atoms with Gasteiger partial charge in [-0.05, 0) is 91.3 Å². The summed E-state index contributed by atoms with van der Waals surface area (Å²) >= 11 is 0. The Hall–Kier alpha value is -0.850. The van der Waals surface area contributed by atoms with E-state index in [0.717, 1.165) is 48.9 Å². The summed E-state index contributed by atoms with van der Waals surface area (Å²) in [7, 11) is 0. The maximum atomic E-state index is 12.1. The lowest BCUT2D eigenvalue weighted by molar-refractivity contribution is -0.122. The Balaban J connectivity index is 1.54. The van der Waals surface area contributed by atoms with Crippen molar-refractivity contribution in [3.05, 3.63) is 23.8 Å². The molecule has 4 aliphatic rings. The zero-order valence-electron chi connectivity index (χ0n) is 19.0. The van der Waals surface area contributed by atoms with Crippen molar-refractivity contribution in [3.8, 4) is 0 Å². The number of carbonyl (C=O) groups excluding carboxylic acids is 1. The summed E-state index contributed by atoms with van der Waals surface area (Å²) in [5.41, 5.74) is 2.35. The molecular formula is C27H42O. The van der Waals surface area contributed by atoms with Crippen molar-refractivity contribution in [3.63, 3.8) is 0 Å². The number of Topliss-reactive ketones (excluding diaryl/α,β-unsaturated/α-hetero) is 1. The zero-order chi connectivity index (χ0) is 20.1. The maximum absolute atomic E-state index is 12.1.